The minimum Gasteiger partial charge on any atom is -0.490 e. The molecule has 10 heteroatoms. The zero-order valence-corrected chi connectivity index (χ0v) is 21.1. The van der Waals surface area contributed by atoms with Crippen molar-refractivity contribution in [3.8, 4) is 11.5 Å². The van der Waals surface area contributed by atoms with E-state index in [9.17, 15) is 14.4 Å². The average Bonchev–Trinajstić information content (AvgIpc) is 3.05. The zero-order chi connectivity index (χ0) is 24.7. The maximum absolute atomic E-state index is 13.4. The van der Waals surface area contributed by atoms with Gasteiger partial charge in [-0.05, 0) is 87.6 Å². The molecule has 4 saturated carbocycles. The number of carboxylic acid groups (broad SMARTS) is 1. The first-order valence-electron chi connectivity index (χ1n) is 12.0. The smallest absolute Gasteiger partial charge is 0.341 e. The lowest BCUT2D eigenvalue weighted by Gasteiger charge is -2.55. The molecule has 2 N–H and O–H groups in total. The Kier molecular flexibility index (Phi) is 6.52. The number of thioether (sulfide) groups is 1. The van der Waals surface area contributed by atoms with Crippen LogP contribution in [0.3, 0.4) is 0 Å². The number of para-hydroxylation sites is 1. The van der Waals surface area contributed by atoms with Crippen LogP contribution in [0.25, 0.3) is 6.08 Å². The van der Waals surface area contributed by atoms with Crippen LogP contribution in [-0.4, -0.2) is 45.4 Å². The van der Waals surface area contributed by atoms with E-state index in [1.165, 1.54) is 24.3 Å². The van der Waals surface area contributed by atoms with Crippen molar-refractivity contribution < 1.29 is 29.0 Å². The Bertz CT molecular complexity index is 1080. The minimum atomic E-state index is -1.12. The highest BCUT2D eigenvalue weighted by molar-refractivity contribution is 8.26. The van der Waals surface area contributed by atoms with Crippen molar-refractivity contribution >= 4 is 52.2 Å². The number of aliphatic carboxylic acids is 1. The highest BCUT2D eigenvalue weighted by atomic mass is 32.2. The number of ether oxygens (including phenoxy) is 2. The molecule has 4 bridgehead atoms. The second-order valence-corrected chi connectivity index (χ2v) is 11.6. The number of amides is 2. The van der Waals surface area contributed by atoms with Crippen molar-refractivity contribution in [3.05, 3.63) is 28.7 Å². The van der Waals surface area contributed by atoms with Crippen LogP contribution >= 0.6 is 24.0 Å². The first kappa shape index (κ1) is 24.1. The van der Waals surface area contributed by atoms with Crippen LogP contribution in [0.5, 0.6) is 11.5 Å². The van der Waals surface area contributed by atoms with Gasteiger partial charge in [0.15, 0.2) is 22.4 Å². The van der Waals surface area contributed by atoms with Gasteiger partial charge in [0, 0.05) is 5.56 Å². The maximum Gasteiger partial charge on any atom is 0.341 e. The molecule has 0 aromatic heterocycles. The van der Waals surface area contributed by atoms with E-state index in [4.69, 9.17) is 26.8 Å². The third kappa shape index (κ3) is 4.65. The highest BCUT2D eigenvalue weighted by Gasteiger charge is 2.55. The van der Waals surface area contributed by atoms with Gasteiger partial charge in [-0.25, -0.2) is 4.79 Å². The normalized spacial score (nSPS) is 30.1. The lowest BCUT2D eigenvalue weighted by molar-refractivity contribution is -0.152. The molecule has 1 aromatic rings. The van der Waals surface area contributed by atoms with Crippen molar-refractivity contribution in [1.29, 1.82) is 0 Å². The largest absolute Gasteiger partial charge is 0.490 e. The minimum absolute atomic E-state index is 0.0991. The molecule has 1 heterocycles. The summed E-state index contributed by atoms with van der Waals surface area (Å²) >= 11 is 6.53. The average molecular weight is 517 g/mol. The van der Waals surface area contributed by atoms with Crippen molar-refractivity contribution in [2.75, 3.05) is 13.2 Å². The maximum atomic E-state index is 13.4. The van der Waals surface area contributed by atoms with Crippen LogP contribution in [-0.2, 0) is 14.4 Å². The molecule has 1 aliphatic heterocycles. The second-order valence-electron chi connectivity index (χ2n) is 9.95. The molecule has 1 aromatic carbocycles. The fourth-order valence-corrected chi connectivity index (χ4v) is 7.69. The Morgan fingerprint density at radius 3 is 2.46 bits per heavy atom. The van der Waals surface area contributed by atoms with Crippen molar-refractivity contribution in [3.63, 3.8) is 0 Å². The number of nitrogens with zero attached hydrogens (tertiary/aromatic N) is 1. The number of benzene rings is 1. The molecule has 1 saturated heterocycles. The molecule has 2 amide bonds. The van der Waals surface area contributed by atoms with Gasteiger partial charge >= 0.3 is 5.97 Å². The summed E-state index contributed by atoms with van der Waals surface area (Å²) in [6, 6.07) is 5.12. The molecular weight excluding hydrogens is 488 g/mol. The van der Waals surface area contributed by atoms with Gasteiger partial charge in [0.05, 0.1) is 16.9 Å². The molecule has 6 rings (SSSR count). The number of rotatable bonds is 8. The Morgan fingerprint density at radius 1 is 1.20 bits per heavy atom. The van der Waals surface area contributed by atoms with E-state index >= 15 is 0 Å². The summed E-state index contributed by atoms with van der Waals surface area (Å²) in [5.74, 6) is 0.815. The number of thiocarbonyl (C=S) groups is 1. The van der Waals surface area contributed by atoms with Crippen molar-refractivity contribution in [1.82, 2.24) is 10.4 Å². The lowest BCUT2D eigenvalue weighted by atomic mass is 9.49. The van der Waals surface area contributed by atoms with Crippen LogP contribution in [0.15, 0.2) is 23.1 Å². The van der Waals surface area contributed by atoms with Gasteiger partial charge in [-0.1, -0.05) is 23.9 Å². The summed E-state index contributed by atoms with van der Waals surface area (Å²) in [5.41, 5.74) is 2.94. The molecule has 4 aliphatic carbocycles. The van der Waals surface area contributed by atoms with Gasteiger partial charge in [-0.3, -0.25) is 15.0 Å². The van der Waals surface area contributed by atoms with Gasteiger partial charge < -0.3 is 14.6 Å². The van der Waals surface area contributed by atoms with Crippen LogP contribution in [0, 0.1) is 23.2 Å². The molecule has 8 nitrogen and oxygen atoms in total. The number of carbonyl (C=O) groups is 3. The monoisotopic (exact) mass is 516 g/mol. The molecular formula is C25H28N2O6S2. The Balaban J connectivity index is 1.35. The molecule has 35 heavy (non-hydrogen) atoms. The SMILES string of the molecule is CCOc1cccc(/C=C2\SC(=S)N(NC(=O)C34CC5CC(CC(C5)C3)C4)C2=O)c1OCC(=O)O. The fraction of sp³-hybridized carbons (Fsp3) is 0.520. The number of hydrogen-bond donors (Lipinski definition) is 2. The van der Waals surface area contributed by atoms with Crippen molar-refractivity contribution in [2.24, 2.45) is 23.2 Å². The Labute approximate surface area is 213 Å². The van der Waals surface area contributed by atoms with E-state index in [1.807, 2.05) is 6.92 Å². The number of hydrazine groups is 1. The molecule has 0 radical (unpaired) electrons. The lowest BCUT2D eigenvalue weighted by Crippen LogP contribution is -2.57. The predicted octanol–water partition coefficient (Wildman–Crippen LogP) is 4.00. The Morgan fingerprint density at radius 2 is 1.86 bits per heavy atom. The summed E-state index contributed by atoms with van der Waals surface area (Å²) in [4.78, 5) is 38.1. The van der Waals surface area contributed by atoms with E-state index in [1.54, 1.807) is 24.3 Å². The fourth-order valence-electron chi connectivity index (χ4n) is 6.52. The van der Waals surface area contributed by atoms with Crippen LogP contribution < -0.4 is 14.9 Å². The number of carboxylic acids is 1. The van der Waals surface area contributed by atoms with E-state index in [0.717, 1.165) is 31.0 Å². The van der Waals surface area contributed by atoms with Gasteiger partial charge in [-0.15, -0.1) is 0 Å². The quantitative estimate of drug-likeness (QED) is 0.395. The topological polar surface area (TPSA) is 105 Å². The van der Waals surface area contributed by atoms with Gasteiger partial charge in [0.25, 0.3) is 5.91 Å². The summed E-state index contributed by atoms with van der Waals surface area (Å²) in [5, 5.41) is 10.2. The van der Waals surface area contributed by atoms with Crippen LogP contribution in [0.2, 0.25) is 0 Å². The number of carbonyl (C=O) groups excluding carboxylic acids is 2. The standard InChI is InChI=1S/C25H28N2O6S2/c1-2-32-18-5-3-4-17(21(18)33-13-20(28)29)9-19-22(30)27(24(34)35-19)26-23(31)25-10-14-6-15(11-25)8-16(7-14)12-25/h3-5,9,14-16H,2,6-8,10-13H2,1H3,(H,26,31)(H,28,29)/b19-9-. The summed E-state index contributed by atoms with van der Waals surface area (Å²) in [7, 11) is 0. The van der Waals surface area contributed by atoms with Crippen molar-refractivity contribution in [2.45, 2.75) is 45.4 Å². The van der Waals surface area contributed by atoms with E-state index in [0.29, 0.717) is 40.6 Å². The third-order valence-electron chi connectivity index (χ3n) is 7.46. The number of hydrogen-bond acceptors (Lipinski definition) is 7. The second kappa shape index (κ2) is 9.46. The third-order valence-corrected chi connectivity index (χ3v) is 8.76. The molecule has 186 valence electrons. The summed E-state index contributed by atoms with van der Waals surface area (Å²) < 4.78 is 11.3. The Hall–Kier alpha value is -2.59. The summed E-state index contributed by atoms with van der Waals surface area (Å²) in [6.45, 7) is 1.63. The zero-order valence-electron chi connectivity index (χ0n) is 19.5. The molecule has 0 unspecified atom stereocenters. The first-order chi connectivity index (χ1) is 16.8. The van der Waals surface area contributed by atoms with Crippen LogP contribution in [0.4, 0.5) is 0 Å². The first-order valence-corrected chi connectivity index (χ1v) is 13.2. The molecule has 5 aliphatic rings. The highest BCUT2D eigenvalue weighted by Crippen LogP contribution is 2.60. The molecule has 5 fully saturated rings. The van der Waals surface area contributed by atoms with Crippen LogP contribution in [0.1, 0.15) is 51.0 Å². The predicted molar refractivity (Wildman–Crippen MR) is 135 cm³/mol. The molecule has 0 atom stereocenters. The molecule has 0 spiro atoms. The van der Waals surface area contributed by atoms with Gasteiger partial charge in [0.2, 0.25) is 5.91 Å². The van der Waals surface area contributed by atoms with E-state index in [2.05, 4.69) is 5.43 Å². The van der Waals surface area contributed by atoms with E-state index < -0.39 is 23.9 Å². The van der Waals surface area contributed by atoms with Gasteiger partial charge in [0.1, 0.15) is 0 Å². The summed E-state index contributed by atoms with van der Waals surface area (Å²) in [6.07, 6.45) is 7.95. The van der Waals surface area contributed by atoms with E-state index in [-0.39, 0.29) is 16.0 Å². The number of nitrogens with one attached hydrogen (secondary N) is 1. The van der Waals surface area contributed by atoms with Gasteiger partial charge in [-0.2, -0.15) is 5.01 Å².